The molecule has 0 bridgehead atoms. The molecule has 0 amide bonds. The second-order valence-corrected chi connectivity index (χ2v) is 4.03. The third kappa shape index (κ3) is 3.08. The molecular formula is C11H15BrN4. The second-order valence-electron chi connectivity index (χ2n) is 3.12. The molecule has 0 heterocycles. The van der Waals surface area contributed by atoms with Crippen molar-refractivity contribution in [3.63, 3.8) is 0 Å². The van der Waals surface area contributed by atoms with Crippen molar-refractivity contribution in [3.8, 4) is 0 Å². The minimum Gasteiger partial charge on any atom is -0.403 e. The van der Waals surface area contributed by atoms with Crippen LogP contribution in [-0.4, -0.2) is 5.84 Å². The number of rotatable bonds is 3. The third-order valence-electron chi connectivity index (χ3n) is 2.13. The van der Waals surface area contributed by atoms with Gasteiger partial charge in [-0.05, 0) is 30.2 Å². The Hall–Kier alpha value is -1.33. The van der Waals surface area contributed by atoms with Crippen molar-refractivity contribution in [3.05, 3.63) is 46.2 Å². The zero-order valence-electron chi connectivity index (χ0n) is 9.07. The van der Waals surface area contributed by atoms with Gasteiger partial charge >= 0.3 is 0 Å². The molecule has 4 nitrogen and oxygen atoms in total. The van der Waals surface area contributed by atoms with Crippen molar-refractivity contribution in [2.45, 2.75) is 13.3 Å². The Bertz CT molecular complexity index is 412. The fourth-order valence-electron chi connectivity index (χ4n) is 1.39. The van der Waals surface area contributed by atoms with Crippen molar-refractivity contribution in [2.24, 2.45) is 16.6 Å². The Morgan fingerprint density at radius 1 is 1.56 bits per heavy atom. The van der Waals surface area contributed by atoms with Crippen molar-refractivity contribution in [1.82, 2.24) is 5.43 Å². The number of halogens is 1. The van der Waals surface area contributed by atoms with E-state index in [2.05, 4.69) is 33.3 Å². The SMILES string of the molecule is CCc1cc(Br)ccc1C(=N/C=C\N)NN. The van der Waals surface area contributed by atoms with Crippen LogP contribution in [0.15, 0.2) is 40.1 Å². The normalized spacial score (nSPS) is 12.1. The second kappa shape index (κ2) is 6.30. The molecule has 0 saturated carbocycles. The molecule has 1 aromatic carbocycles. The number of hydrogen-bond donors (Lipinski definition) is 3. The van der Waals surface area contributed by atoms with Crippen LogP contribution in [-0.2, 0) is 6.42 Å². The molecule has 5 heteroatoms. The summed E-state index contributed by atoms with van der Waals surface area (Å²) in [7, 11) is 0. The Labute approximate surface area is 104 Å². The van der Waals surface area contributed by atoms with Crippen molar-refractivity contribution >= 4 is 21.8 Å². The van der Waals surface area contributed by atoms with Gasteiger partial charge in [0.1, 0.15) is 5.84 Å². The van der Waals surface area contributed by atoms with Crippen molar-refractivity contribution in [2.75, 3.05) is 0 Å². The van der Waals surface area contributed by atoms with Crippen LogP contribution in [0.25, 0.3) is 0 Å². The molecule has 0 aliphatic carbocycles. The summed E-state index contributed by atoms with van der Waals surface area (Å²) in [6.45, 7) is 2.08. The first-order valence-corrected chi connectivity index (χ1v) is 5.72. The summed E-state index contributed by atoms with van der Waals surface area (Å²) in [5, 5.41) is 0. The first-order valence-electron chi connectivity index (χ1n) is 4.92. The average Bonchev–Trinajstić information content (AvgIpc) is 2.31. The summed E-state index contributed by atoms with van der Waals surface area (Å²) < 4.78 is 1.04. The van der Waals surface area contributed by atoms with Crippen LogP contribution in [0.5, 0.6) is 0 Å². The van der Waals surface area contributed by atoms with E-state index >= 15 is 0 Å². The predicted octanol–water partition coefficient (Wildman–Crippen LogP) is 1.65. The van der Waals surface area contributed by atoms with Gasteiger partial charge in [0, 0.05) is 22.4 Å². The molecule has 0 saturated heterocycles. The van der Waals surface area contributed by atoms with E-state index in [9.17, 15) is 0 Å². The molecule has 0 spiro atoms. The van der Waals surface area contributed by atoms with Gasteiger partial charge in [0.2, 0.25) is 0 Å². The van der Waals surface area contributed by atoms with Gasteiger partial charge in [-0.3, -0.25) is 0 Å². The molecule has 0 fully saturated rings. The fourth-order valence-corrected chi connectivity index (χ4v) is 1.80. The Balaban J connectivity index is 3.19. The zero-order valence-corrected chi connectivity index (χ0v) is 10.7. The maximum atomic E-state index is 5.44. The van der Waals surface area contributed by atoms with E-state index in [0.29, 0.717) is 5.84 Å². The van der Waals surface area contributed by atoms with Crippen molar-refractivity contribution < 1.29 is 0 Å². The van der Waals surface area contributed by atoms with E-state index in [0.717, 1.165) is 22.0 Å². The molecule has 0 aliphatic heterocycles. The standard InChI is InChI=1S/C11H15BrN4/c1-2-8-7-9(12)3-4-10(8)11(16-14)15-6-5-13/h3-7H,2,13-14H2,1H3,(H,15,16)/b6-5-. The number of nitrogens with zero attached hydrogens (tertiary/aromatic N) is 1. The molecule has 86 valence electrons. The Morgan fingerprint density at radius 3 is 2.88 bits per heavy atom. The number of aryl methyl sites for hydroxylation is 1. The maximum Gasteiger partial charge on any atom is 0.147 e. The highest BCUT2D eigenvalue weighted by molar-refractivity contribution is 9.10. The molecule has 1 aromatic rings. The fraction of sp³-hybridized carbons (Fsp3) is 0.182. The van der Waals surface area contributed by atoms with Gasteiger partial charge in [0.15, 0.2) is 0 Å². The summed E-state index contributed by atoms with van der Waals surface area (Å²) in [6, 6.07) is 5.97. The van der Waals surface area contributed by atoms with Crippen LogP contribution in [0.3, 0.4) is 0 Å². The number of benzene rings is 1. The average molecular weight is 283 g/mol. The molecule has 5 N–H and O–H groups in total. The van der Waals surface area contributed by atoms with Crippen LogP contribution in [0.2, 0.25) is 0 Å². The highest BCUT2D eigenvalue weighted by Crippen LogP contribution is 2.17. The molecule has 16 heavy (non-hydrogen) atoms. The summed E-state index contributed by atoms with van der Waals surface area (Å²) in [5.41, 5.74) is 9.96. The van der Waals surface area contributed by atoms with Gasteiger partial charge in [-0.25, -0.2) is 10.8 Å². The van der Waals surface area contributed by atoms with E-state index < -0.39 is 0 Å². The van der Waals surface area contributed by atoms with Crippen LogP contribution < -0.4 is 17.0 Å². The lowest BCUT2D eigenvalue weighted by Crippen LogP contribution is -2.31. The molecule has 0 atom stereocenters. The van der Waals surface area contributed by atoms with Crippen molar-refractivity contribution in [1.29, 1.82) is 0 Å². The number of hydrogen-bond acceptors (Lipinski definition) is 3. The molecule has 0 radical (unpaired) electrons. The predicted molar refractivity (Wildman–Crippen MR) is 70.7 cm³/mol. The van der Waals surface area contributed by atoms with Gasteiger partial charge in [-0.15, -0.1) is 0 Å². The first kappa shape index (κ1) is 12.7. The van der Waals surface area contributed by atoms with E-state index in [4.69, 9.17) is 11.6 Å². The van der Waals surface area contributed by atoms with E-state index in [1.165, 1.54) is 12.4 Å². The summed E-state index contributed by atoms with van der Waals surface area (Å²) in [4.78, 5) is 4.13. The number of amidine groups is 1. The lowest BCUT2D eigenvalue weighted by atomic mass is 10.0. The summed E-state index contributed by atoms with van der Waals surface area (Å²) >= 11 is 3.44. The molecular weight excluding hydrogens is 268 g/mol. The highest BCUT2D eigenvalue weighted by Gasteiger charge is 2.06. The maximum absolute atomic E-state index is 5.44. The van der Waals surface area contributed by atoms with Gasteiger partial charge in [-0.2, -0.15) is 0 Å². The summed E-state index contributed by atoms with van der Waals surface area (Å²) in [6.07, 6.45) is 3.76. The number of nitrogens with one attached hydrogen (secondary N) is 1. The monoisotopic (exact) mass is 282 g/mol. The minimum atomic E-state index is 0.603. The number of nitrogens with two attached hydrogens (primary N) is 2. The lowest BCUT2D eigenvalue weighted by Gasteiger charge is -2.10. The van der Waals surface area contributed by atoms with Crippen LogP contribution in [0.1, 0.15) is 18.1 Å². The Kier molecular flexibility index (Phi) is 5.01. The minimum absolute atomic E-state index is 0.603. The number of aliphatic imine (C=N–C) groups is 1. The highest BCUT2D eigenvalue weighted by atomic mass is 79.9. The van der Waals surface area contributed by atoms with Crippen LogP contribution in [0.4, 0.5) is 0 Å². The van der Waals surface area contributed by atoms with Gasteiger partial charge < -0.3 is 11.2 Å². The van der Waals surface area contributed by atoms with Crippen LogP contribution in [0, 0.1) is 0 Å². The Morgan fingerprint density at radius 2 is 2.31 bits per heavy atom. The van der Waals surface area contributed by atoms with Gasteiger partial charge in [0.05, 0.1) is 0 Å². The van der Waals surface area contributed by atoms with E-state index in [-0.39, 0.29) is 0 Å². The van der Waals surface area contributed by atoms with E-state index in [1.807, 2.05) is 18.2 Å². The van der Waals surface area contributed by atoms with Gasteiger partial charge in [0.25, 0.3) is 0 Å². The molecule has 1 rings (SSSR count). The van der Waals surface area contributed by atoms with E-state index in [1.54, 1.807) is 0 Å². The summed E-state index contributed by atoms with van der Waals surface area (Å²) in [5.74, 6) is 6.04. The quantitative estimate of drug-likeness (QED) is 0.342. The third-order valence-corrected chi connectivity index (χ3v) is 2.62. The largest absolute Gasteiger partial charge is 0.403 e. The smallest absolute Gasteiger partial charge is 0.147 e. The lowest BCUT2D eigenvalue weighted by molar-refractivity contribution is 1.01. The zero-order chi connectivity index (χ0) is 12.0. The first-order chi connectivity index (χ1) is 7.72. The molecule has 0 aromatic heterocycles. The molecule has 0 unspecified atom stereocenters. The number of hydrazine groups is 1. The van der Waals surface area contributed by atoms with Gasteiger partial charge in [-0.1, -0.05) is 22.9 Å². The topological polar surface area (TPSA) is 76.4 Å². The van der Waals surface area contributed by atoms with Crippen LogP contribution >= 0.6 is 15.9 Å². The molecule has 0 aliphatic rings.